The molecule has 0 aliphatic rings. The molecule has 0 saturated heterocycles. The average Bonchev–Trinajstić information content (AvgIpc) is 1.69. The predicted molar refractivity (Wildman–Crippen MR) is 36.2 cm³/mol. The van der Waals surface area contributed by atoms with Crippen molar-refractivity contribution >= 4 is 0 Å². The predicted octanol–water partition coefficient (Wildman–Crippen LogP) is 3.04. The molecule has 0 fully saturated rings. The third kappa shape index (κ3) is 96.0. The molecule has 1 radical (unpaired) electrons. The molecule has 45 valence electrons. The number of hydrogen-bond donors (Lipinski definition) is 0. The van der Waals surface area contributed by atoms with Gasteiger partial charge in [-0.1, -0.05) is 47.0 Å². The Kier molecular flexibility index (Phi) is 24.0. The first-order valence-electron chi connectivity index (χ1n) is 3.12. The van der Waals surface area contributed by atoms with Gasteiger partial charge in [0.25, 0.3) is 0 Å². The van der Waals surface area contributed by atoms with Crippen LogP contribution in [-0.2, 0) is 0 Å². The molecule has 0 spiro atoms. The van der Waals surface area contributed by atoms with Crippen LogP contribution in [0.4, 0.5) is 0 Å². The Bertz CT molecular complexity index is 7.51. The minimum Gasteiger partial charge on any atom is -0.0656 e. The lowest BCUT2D eigenvalue weighted by Gasteiger charge is -1.67. The third-order valence-corrected chi connectivity index (χ3v) is 0.354. The highest BCUT2D eigenvalue weighted by molar-refractivity contribution is 4.29. The third-order valence-electron chi connectivity index (χ3n) is 0.354. The van der Waals surface area contributed by atoms with E-state index in [2.05, 4.69) is 27.7 Å². The minimum absolute atomic E-state index is 1.07. The van der Waals surface area contributed by atoms with Gasteiger partial charge >= 0.3 is 0 Å². The van der Waals surface area contributed by atoms with E-state index in [-0.39, 0.29) is 0 Å². The lowest BCUT2D eigenvalue weighted by molar-refractivity contribution is 0.956. The summed E-state index contributed by atoms with van der Waals surface area (Å²) in [6.07, 6.45) is 3.53. The molecule has 0 aromatic carbocycles. The fourth-order valence-corrected chi connectivity index (χ4v) is 0. The van der Waals surface area contributed by atoms with Crippen molar-refractivity contribution in [2.45, 2.75) is 40.0 Å². The second kappa shape index (κ2) is 16.7. The van der Waals surface area contributed by atoms with Crippen molar-refractivity contribution in [1.82, 2.24) is 0 Å². The summed E-state index contributed by atoms with van der Waals surface area (Å²) in [5.41, 5.74) is 0. The summed E-state index contributed by atoms with van der Waals surface area (Å²) < 4.78 is 0. The van der Waals surface area contributed by atoms with E-state index in [0.717, 1.165) is 6.42 Å². The lowest BCUT2D eigenvalue weighted by Crippen LogP contribution is -1.48. The molecular formula is C7H17. The van der Waals surface area contributed by atoms with Crippen LogP contribution >= 0.6 is 0 Å². The van der Waals surface area contributed by atoms with Gasteiger partial charge in [-0.15, -0.1) is 0 Å². The molecule has 0 bridgehead atoms. The topological polar surface area (TPSA) is 0 Å². The molecule has 0 N–H and O–H groups in total. The van der Waals surface area contributed by atoms with Crippen molar-refractivity contribution in [3.05, 3.63) is 6.92 Å². The average molecular weight is 101 g/mol. The van der Waals surface area contributed by atoms with Gasteiger partial charge in [0.05, 0.1) is 0 Å². The van der Waals surface area contributed by atoms with Crippen LogP contribution in [0, 0.1) is 6.92 Å². The van der Waals surface area contributed by atoms with E-state index >= 15 is 0 Å². The molecule has 0 nitrogen and oxygen atoms in total. The fraction of sp³-hybridized carbons (Fsp3) is 0.857. The van der Waals surface area contributed by atoms with E-state index in [1.165, 1.54) is 12.8 Å². The Morgan fingerprint density at radius 2 is 1.29 bits per heavy atom. The molecule has 0 amide bonds. The molecule has 0 unspecified atom stereocenters. The maximum absolute atomic E-state index is 3.60. The van der Waals surface area contributed by atoms with Crippen molar-refractivity contribution in [3.63, 3.8) is 0 Å². The van der Waals surface area contributed by atoms with Crippen LogP contribution in [0.5, 0.6) is 0 Å². The molecule has 0 heterocycles. The van der Waals surface area contributed by atoms with Gasteiger partial charge in [0, 0.05) is 0 Å². The zero-order chi connectivity index (χ0) is 6.12. The molecule has 0 aromatic heterocycles. The molecular weight excluding hydrogens is 84.1 g/mol. The Labute approximate surface area is 47.9 Å². The van der Waals surface area contributed by atoms with Gasteiger partial charge in [-0.2, -0.15) is 0 Å². The minimum atomic E-state index is 1.07. The van der Waals surface area contributed by atoms with Crippen LogP contribution in [0.2, 0.25) is 0 Å². The highest BCUT2D eigenvalue weighted by Gasteiger charge is 1.56. The summed E-state index contributed by atoms with van der Waals surface area (Å²) in [5.74, 6) is 0. The molecule has 0 aliphatic carbocycles. The van der Waals surface area contributed by atoms with Crippen molar-refractivity contribution in [3.8, 4) is 0 Å². The molecule has 0 aromatic rings. The smallest absolute Gasteiger partial charge is 0.0533 e. The van der Waals surface area contributed by atoms with Gasteiger partial charge in [-0.25, -0.2) is 0 Å². The van der Waals surface area contributed by atoms with Crippen molar-refractivity contribution < 1.29 is 0 Å². The van der Waals surface area contributed by atoms with Gasteiger partial charge < -0.3 is 0 Å². The standard InChI is InChI=1S/C4H9.C3H8/c1-3-4-2;1-3-2/h1,3-4H2,2H3;3H2,1-2H3. The molecule has 0 saturated carbocycles. The normalized spacial score (nSPS) is 6.86. The second-order valence-electron chi connectivity index (χ2n) is 1.56. The van der Waals surface area contributed by atoms with Crippen molar-refractivity contribution in [1.29, 1.82) is 0 Å². The summed E-state index contributed by atoms with van der Waals surface area (Å²) in [6, 6.07) is 0. The maximum Gasteiger partial charge on any atom is -0.0533 e. The number of hydrogen-bond acceptors (Lipinski definition) is 0. The van der Waals surface area contributed by atoms with Crippen LogP contribution < -0.4 is 0 Å². The van der Waals surface area contributed by atoms with E-state index in [9.17, 15) is 0 Å². The largest absolute Gasteiger partial charge is 0.0656 e. The second-order valence-corrected chi connectivity index (χ2v) is 1.56. The van der Waals surface area contributed by atoms with Crippen molar-refractivity contribution in [2.24, 2.45) is 0 Å². The lowest BCUT2D eigenvalue weighted by atomic mass is 10.4. The quantitative estimate of drug-likeness (QED) is 0.476. The summed E-state index contributed by atoms with van der Waals surface area (Å²) in [5, 5.41) is 0. The van der Waals surface area contributed by atoms with Crippen LogP contribution in [-0.4, -0.2) is 0 Å². The molecule has 0 aliphatic heterocycles. The summed E-state index contributed by atoms with van der Waals surface area (Å²) in [6.45, 7) is 9.97. The number of unbranched alkanes of at least 4 members (excludes halogenated alkanes) is 1. The van der Waals surface area contributed by atoms with E-state index in [0.29, 0.717) is 0 Å². The maximum atomic E-state index is 3.60. The summed E-state index contributed by atoms with van der Waals surface area (Å²) in [7, 11) is 0. The zero-order valence-corrected chi connectivity index (χ0v) is 5.83. The Morgan fingerprint density at radius 1 is 1.14 bits per heavy atom. The molecule has 0 rings (SSSR count). The van der Waals surface area contributed by atoms with Gasteiger partial charge in [0.15, 0.2) is 0 Å². The van der Waals surface area contributed by atoms with E-state index in [1.54, 1.807) is 0 Å². The Morgan fingerprint density at radius 3 is 1.29 bits per heavy atom. The highest BCUT2D eigenvalue weighted by Crippen LogP contribution is 1.75. The molecule has 0 atom stereocenters. The van der Waals surface area contributed by atoms with Crippen molar-refractivity contribution in [2.75, 3.05) is 0 Å². The van der Waals surface area contributed by atoms with E-state index in [4.69, 9.17) is 0 Å². The van der Waals surface area contributed by atoms with Gasteiger partial charge in [0.2, 0.25) is 0 Å². The zero-order valence-electron chi connectivity index (χ0n) is 5.83. The first-order chi connectivity index (χ1) is 3.33. The van der Waals surface area contributed by atoms with Crippen LogP contribution in [0.25, 0.3) is 0 Å². The van der Waals surface area contributed by atoms with E-state index < -0.39 is 0 Å². The van der Waals surface area contributed by atoms with Gasteiger partial charge in [-0.3, -0.25) is 0 Å². The highest BCUT2D eigenvalue weighted by atomic mass is 13.6. The first kappa shape index (κ1) is 10.1. The Balaban J connectivity index is 0. The monoisotopic (exact) mass is 101 g/mol. The van der Waals surface area contributed by atoms with Crippen LogP contribution in [0.15, 0.2) is 0 Å². The molecule has 7 heavy (non-hydrogen) atoms. The fourth-order valence-electron chi connectivity index (χ4n) is 0. The summed E-state index contributed by atoms with van der Waals surface area (Å²) >= 11 is 0. The SMILES string of the molecule is CCC.[CH2]CCC. The molecule has 0 heteroatoms. The van der Waals surface area contributed by atoms with Gasteiger partial charge in [0.1, 0.15) is 0 Å². The number of rotatable bonds is 1. The van der Waals surface area contributed by atoms with Crippen LogP contribution in [0.1, 0.15) is 40.0 Å². The Hall–Kier alpha value is 0. The van der Waals surface area contributed by atoms with Crippen LogP contribution in [0.3, 0.4) is 0 Å². The summed E-state index contributed by atoms with van der Waals surface area (Å²) in [4.78, 5) is 0. The van der Waals surface area contributed by atoms with E-state index in [1.807, 2.05) is 0 Å². The first-order valence-corrected chi connectivity index (χ1v) is 3.12. The van der Waals surface area contributed by atoms with Gasteiger partial charge in [-0.05, 0) is 0 Å².